The van der Waals surface area contributed by atoms with Gasteiger partial charge < -0.3 is 15.0 Å². The first-order valence-corrected chi connectivity index (χ1v) is 7.01. The van der Waals surface area contributed by atoms with E-state index in [0.717, 1.165) is 25.0 Å². The van der Waals surface area contributed by atoms with Crippen LogP contribution in [0.4, 0.5) is 0 Å². The molecule has 1 fully saturated rings. The van der Waals surface area contributed by atoms with Gasteiger partial charge in [-0.15, -0.1) is 12.4 Å². The van der Waals surface area contributed by atoms with E-state index in [9.17, 15) is 0 Å². The summed E-state index contributed by atoms with van der Waals surface area (Å²) < 4.78 is 10.9. The minimum atomic E-state index is -0.158. The quantitative estimate of drug-likeness (QED) is 0.939. The summed E-state index contributed by atoms with van der Waals surface area (Å²) >= 11 is 0. The Balaban J connectivity index is 0.00000161. The van der Waals surface area contributed by atoms with Crippen LogP contribution in [0.25, 0.3) is 0 Å². The summed E-state index contributed by atoms with van der Waals surface area (Å²) in [7, 11) is 0. The van der Waals surface area contributed by atoms with E-state index in [2.05, 4.69) is 10.1 Å². The minimum absolute atomic E-state index is 0. The zero-order valence-electron chi connectivity index (χ0n) is 11.9. The van der Waals surface area contributed by atoms with Crippen molar-refractivity contribution in [3.63, 3.8) is 0 Å². The smallest absolute Gasteiger partial charge is 0.231 e. The van der Waals surface area contributed by atoms with E-state index in [4.69, 9.17) is 15.0 Å². The lowest BCUT2D eigenvalue weighted by atomic mass is 9.95. The van der Waals surface area contributed by atoms with Gasteiger partial charge in [0.2, 0.25) is 11.7 Å². The summed E-state index contributed by atoms with van der Waals surface area (Å²) in [5.41, 5.74) is 7.34. The largest absolute Gasteiger partial charge is 0.370 e. The predicted molar refractivity (Wildman–Crippen MR) is 81.3 cm³/mol. The number of halogens is 1. The zero-order valence-corrected chi connectivity index (χ0v) is 12.8. The van der Waals surface area contributed by atoms with Crippen molar-refractivity contribution in [1.29, 1.82) is 0 Å². The van der Waals surface area contributed by atoms with Gasteiger partial charge in [-0.05, 0) is 18.4 Å². The van der Waals surface area contributed by atoms with Crippen LogP contribution >= 0.6 is 12.4 Å². The third-order valence-corrected chi connectivity index (χ3v) is 3.79. The van der Waals surface area contributed by atoms with Crippen LogP contribution in [0.2, 0.25) is 0 Å². The summed E-state index contributed by atoms with van der Waals surface area (Å²) in [4.78, 5) is 4.46. The lowest BCUT2D eigenvalue weighted by molar-refractivity contribution is 0.103. The molecule has 1 aliphatic rings. The lowest BCUT2D eigenvalue weighted by Gasteiger charge is -2.16. The molecule has 1 saturated heterocycles. The predicted octanol–water partition coefficient (Wildman–Crippen LogP) is 3.15. The molecule has 0 bridgehead atoms. The Morgan fingerprint density at radius 1 is 1.29 bits per heavy atom. The molecule has 0 aliphatic carbocycles. The fourth-order valence-corrected chi connectivity index (χ4v) is 2.46. The summed E-state index contributed by atoms with van der Waals surface area (Å²) in [5, 5.41) is 4.03. The fourth-order valence-electron chi connectivity index (χ4n) is 2.46. The maximum atomic E-state index is 6.27. The van der Waals surface area contributed by atoms with Gasteiger partial charge in [0.05, 0.1) is 5.92 Å². The Kier molecular flexibility index (Phi) is 5.33. The minimum Gasteiger partial charge on any atom is -0.370 e. The second-order valence-electron chi connectivity index (χ2n) is 5.22. The number of nitrogens with two attached hydrogens (primary N) is 1. The molecule has 2 N–H and O–H groups in total. The number of nitrogens with zero attached hydrogens (tertiary/aromatic N) is 2. The molecule has 3 atom stereocenters. The molecule has 6 heteroatoms. The van der Waals surface area contributed by atoms with E-state index in [1.54, 1.807) is 0 Å². The van der Waals surface area contributed by atoms with Crippen LogP contribution in [0, 0.1) is 0 Å². The molecule has 3 unspecified atom stereocenters. The average molecular weight is 310 g/mol. The first kappa shape index (κ1) is 15.9. The molecule has 2 aromatic rings. The molecule has 114 valence electrons. The molecule has 1 aromatic carbocycles. The highest BCUT2D eigenvalue weighted by Gasteiger charge is 2.27. The highest BCUT2D eigenvalue weighted by Crippen LogP contribution is 2.30. The summed E-state index contributed by atoms with van der Waals surface area (Å²) in [5.74, 6) is 1.19. The SMILES string of the molecule is CC(c1nc(C2CCCO2)no1)C(N)c1ccccc1.Cl. The van der Waals surface area contributed by atoms with E-state index in [1.165, 1.54) is 0 Å². The van der Waals surface area contributed by atoms with Crippen LogP contribution in [0.1, 0.15) is 55.1 Å². The molecule has 3 rings (SSSR count). The number of hydrogen-bond acceptors (Lipinski definition) is 5. The second kappa shape index (κ2) is 7.02. The van der Waals surface area contributed by atoms with E-state index in [-0.39, 0.29) is 30.5 Å². The van der Waals surface area contributed by atoms with Crippen molar-refractivity contribution < 1.29 is 9.26 Å². The molecular formula is C15H20ClN3O2. The summed E-state index contributed by atoms with van der Waals surface area (Å²) in [6.07, 6.45) is 1.98. The van der Waals surface area contributed by atoms with Crippen LogP contribution in [0.15, 0.2) is 34.9 Å². The monoisotopic (exact) mass is 309 g/mol. The molecule has 2 heterocycles. The van der Waals surface area contributed by atoms with Crippen LogP contribution in [0.3, 0.4) is 0 Å². The number of hydrogen-bond donors (Lipinski definition) is 1. The normalized spacial score (nSPS) is 20.8. The van der Waals surface area contributed by atoms with Gasteiger partial charge in [-0.1, -0.05) is 42.4 Å². The zero-order chi connectivity index (χ0) is 13.9. The van der Waals surface area contributed by atoms with Crippen LogP contribution in [-0.4, -0.2) is 16.7 Å². The molecular weight excluding hydrogens is 290 g/mol. The van der Waals surface area contributed by atoms with Gasteiger partial charge in [-0.25, -0.2) is 0 Å². The summed E-state index contributed by atoms with van der Waals surface area (Å²) in [6, 6.07) is 9.80. The van der Waals surface area contributed by atoms with Crippen molar-refractivity contribution in [3.8, 4) is 0 Å². The molecule has 0 spiro atoms. The highest BCUT2D eigenvalue weighted by atomic mass is 35.5. The van der Waals surface area contributed by atoms with Gasteiger partial charge in [-0.2, -0.15) is 4.98 Å². The van der Waals surface area contributed by atoms with E-state index < -0.39 is 0 Å². The van der Waals surface area contributed by atoms with E-state index >= 15 is 0 Å². The first-order chi connectivity index (χ1) is 9.75. The van der Waals surface area contributed by atoms with Gasteiger partial charge in [-0.3, -0.25) is 0 Å². The van der Waals surface area contributed by atoms with Crippen molar-refractivity contribution in [2.45, 2.75) is 37.8 Å². The van der Waals surface area contributed by atoms with Crippen molar-refractivity contribution in [3.05, 3.63) is 47.6 Å². The molecule has 1 aliphatic heterocycles. The average Bonchev–Trinajstić information content (AvgIpc) is 3.17. The molecule has 0 saturated carbocycles. The third-order valence-electron chi connectivity index (χ3n) is 3.79. The number of rotatable bonds is 4. The molecule has 0 radical (unpaired) electrons. The Bertz CT molecular complexity index is 555. The second-order valence-corrected chi connectivity index (χ2v) is 5.22. The Labute approximate surface area is 130 Å². The Morgan fingerprint density at radius 3 is 2.71 bits per heavy atom. The van der Waals surface area contributed by atoms with Crippen LogP contribution in [-0.2, 0) is 4.74 Å². The van der Waals surface area contributed by atoms with Crippen molar-refractivity contribution in [2.75, 3.05) is 6.61 Å². The fraction of sp³-hybridized carbons (Fsp3) is 0.467. The van der Waals surface area contributed by atoms with Crippen molar-refractivity contribution >= 4 is 12.4 Å². The van der Waals surface area contributed by atoms with E-state index in [0.29, 0.717) is 11.7 Å². The Morgan fingerprint density at radius 2 is 2.05 bits per heavy atom. The standard InChI is InChI=1S/C15H19N3O2.ClH/c1-10(13(16)11-6-3-2-4-7-11)15-17-14(18-20-15)12-8-5-9-19-12;/h2-4,6-7,10,12-13H,5,8-9,16H2,1H3;1H. The topological polar surface area (TPSA) is 74.2 Å². The van der Waals surface area contributed by atoms with Gasteiger partial charge in [0.15, 0.2) is 0 Å². The van der Waals surface area contributed by atoms with Crippen molar-refractivity contribution in [1.82, 2.24) is 10.1 Å². The lowest BCUT2D eigenvalue weighted by Crippen LogP contribution is -2.18. The van der Waals surface area contributed by atoms with Gasteiger partial charge >= 0.3 is 0 Å². The van der Waals surface area contributed by atoms with Crippen LogP contribution < -0.4 is 5.73 Å². The summed E-state index contributed by atoms with van der Waals surface area (Å²) in [6.45, 7) is 2.78. The Hall–Kier alpha value is -1.43. The van der Waals surface area contributed by atoms with Gasteiger partial charge in [0, 0.05) is 12.6 Å². The maximum absolute atomic E-state index is 6.27. The van der Waals surface area contributed by atoms with Gasteiger partial charge in [0.1, 0.15) is 6.10 Å². The highest BCUT2D eigenvalue weighted by molar-refractivity contribution is 5.85. The van der Waals surface area contributed by atoms with E-state index in [1.807, 2.05) is 37.3 Å². The molecule has 21 heavy (non-hydrogen) atoms. The number of benzene rings is 1. The number of aromatic nitrogens is 2. The van der Waals surface area contributed by atoms with Crippen molar-refractivity contribution in [2.24, 2.45) is 5.73 Å². The third kappa shape index (κ3) is 3.43. The molecule has 1 aromatic heterocycles. The molecule has 5 nitrogen and oxygen atoms in total. The number of ether oxygens (including phenoxy) is 1. The first-order valence-electron chi connectivity index (χ1n) is 7.01. The maximum Gasteiger partial charge on any atom is 0.231 e. The van der Waals surface area contributed by atoms with Crippen LogP contribution in [0.5, 0.6) is 0 Å². The molecule has 0 amide bonds. The van der Waals surface area contributed by atoms with Gasteiger partial charge in [0.25, 0.3) is 0 Å².